The summed E-state index contributed by atoms with van der Waals surface area (Å²) in [6, 6.07) is 15.9. The summed E-state index contributed by atoms with van der Waals surface area (Å²) in [5.41, 5.74) is 12.1. The van der Waals surface area contributed by atoms with Gasteiger partial charge in [0.25, 0.3) is 0 Å². The molecular formula is C16H13BrN6. The maximum absolute atomic E-state index is 4.53. The molecule has 0 bridgehead atoms. The number of amidine groups is 1. The number of nitrogens with zero attached hydrogens (tertiary/aromatic N) is 3. The molecule has 2 aliphatic rings. The minimum atomic E-state index is -0.0224. The van der Waals surface area contributed by atoms with Crippen LogP contribution in [0.1, 0.15) is 17.2 Å². The Morgan fingerprint density at radius 1 is 1.13 bits per heavy atom. The van der Waals surface area contributed by atoms with Crippen molar-refractivity contribution in [2.75, 3.05) is 0 Å². The Kier molecular flexibility index (Phi) is 3.64. The van der Waals surface area contributed by atoms with Crippen LogP contribution in [0.3, 0.4) is 0 Å². The van der Waals surface area contributed by atoms with Gasteiger partial charge in [0.05, 0.1) is 11.9 Å². The minimum Gasteiger partial charge on any atom is -0.289 e. The van der Waals surface area contributed by atoms with E-state index in [1.807, 2.05) is 48.5 Å². The molecule has 2 heterocycles. The fourth-order valence-electron chi connectivity index (χ4n) is 2.48. The van der Waals surface area contributed by atoms with Gasteiger partial charge in [-0.3, -0.25) is 5.43 Å². The zero-order chi connectivity index (χ0) is 15.6. The van der Waals surface area contributed by atoms with Crippen LogP contribution in [0.2, 0.25) is 0 Å². The normalized spacial score (nSPS) is 18.7. The number of nitrogens with one attached hydrogen (secondary N) is 3. The Morgan fingerprint density at radius 2 is 2.04 bits per heavy atom. The summed E-state index contributed by atoms with van der Waals surface area (Å²) in [5, 5.41) is 4.19. The van der Waals surface area contributed by atoms with E-state index < -0.39 is 0 Å². The zero-order valence-corrected chi connectivity index (χ0v) is 13.6. The van der Waals surface area contributed by atoms with E-state index >= 15 is 0 Å². The van der Waals surface area contributed by atoms with Crippen molar-refractivity contribution >= 4 is 39.6 Å². The molecule has 6 nitrogen and oxygen atoms in total. The quantitative estimate of drug-likeness (QED) is 0.563. The number of hydrogen-bond donors (Lipinski definition) is 3. The van der Waals surface area contributed by atoms with Crippen molar-refractivity contribution in [2.24, 2.45) is 15.1 Å². The molecule has 0 saturated carbocycles. The third kappa shape index (κ3) is 2.88. The summed E-state index contributed by atoms with van der Waals surface area (Å²) in [4.78, 5) is 9.00. The summed E-state index contributed by atoms with van der Waals surface area (Å²) in [5.74, 6) is 1.24. The van der Waals surface area contributed by atoms with Gasteiger partial charge in [-0.2, -0.15) is 10.1 Å². The van der Waals surface area contributed by atoms with Gasteiger partial charge in [0.2, 0.25) is 5.96 Å². The molecule has 3 N–H and O–H groups in total. The van der Waals surface area contributed by atoms with Crippen molar-refractivity contribution in [3.05, 3.63) is 64.1 Å². The third-order valence-corrected chi connectivity index (χ3v) is 4.03. The van der Waals surface area contributed by atoms with E-state index in [4.69, 9.17) is 0 Å². The first-order valence-corrected chi connectivity index (χ1v) is 7.91. The number of fused-ring (bicyclic) bond motifs is 3. The Balaban J connectivity index is 1.48. The number of para-hydroxylation sites is 1. The molecule has 0 fully saturated rings. The highest BCUT2D eigenvalue weighted by molar-refractivity contribution is 9.10. The van der Waals surface area contributed by atoms with E-state index in [2.05, 4.69) is 47.3 Å². The Labute approximate surface area is 141 Å². The van der Waals surface area contributed by atoms with E-state index in [-0.39, 0.29) is 6.04 Å². The van der Waals surface area contributed by atoms with E-state index in [1.165, 1.54) is 0 Å². The topological polar surface area (TPSA) is 73.2 Å². The lowest BCUT2D eigenvalue weighted by molar-refractivity contribution is 0.587. The molecule has 0 aliphatic carbocycles. The maximum Gasteiger partial charge on any atom is 0.233 e. The number of hydrogen-bond acceptors (Lipinski definition) is 6. The largest absolute Gasteiger partial charge is 0.289 e. The van der Waals surface area contributed by atoms with Gasteiger partial charge in [0.15, 0.2) is 5.84 Å². The summed E-state index contributed by atoms with van der Waals surface area (Å²) >= 11 is 3.43. The highest BCUT2D eigenvalue weighted by Crippen LogP contribution is 2.34. The predicted octanol–water partition coefficient (Wildman–Crippen LogP) is 2.62. The maximum atomic E-state index is 4.53. The van der Waals surface area contributed by atoms with Crippen LogP contribution in [-0.4, -0.2) is 18.0 Å². The van der Waals surface area contributed by atoms with Gasteiger partial charge in [0, 0.05) is 10.0 Å². The van der Waals surface area contributed by atoms with E-state index in [0.717, 1.165) is 27.1 Å². The fraction of sp³-hybridized carbons (Fsp3) is 0.0625. The average Bonchev–Trinajstić information content (AvgIpc) is 2.92. The first-order valence-electron chi connectivity index (χ1n) is 7.12. The van der Waals surface area contributed by atoms with Gasteiger partial charge in [-0.15, -0.1) is 0 Å². The van der Waals surface area contributed by atoms with Crippen LogP contribution in [0.5, 0.6) is 0 Å². The number of halogens is 1. The molecule has 114 valence electrons. The molecule has 2 aromatic carbocycles. The average molecular weight is 369 g/mol. The molecule has 2 aromatic rings. The van der Waals surface area contributed by atoms with Gasteiger partial charge in [-0.05, 0) is 23.8 Å². The van der Waals surface area contributed by atoms with Crippen molar-refractivity contribution < 1.29 is 0 Å². The molecule has 1 unspecified atom stereocenters. The molecule has 1 atom stereocenters. The van der Waals surface area contributed by atoms with Crippen molar-refractivity contribution in [3.63, 3.8) is 0 Å². The van der Waals surface area contributed by atoms with Gasteiger partial charge in [0.1, 0.15) is 6.04 Å². The predicted molar refractivity (Wildman–Crippen MR) is 94.9 cm³/mol. The minimum absolute atomic E-state index is 0.0224. The molecule has 0 saturated heterocycles. The highest BCUT2D eigenvalue weighted by Gasteiger charge is 2.30. The van der Waals surface area contributed by atoms with Crippen LogP contribution >= 0.6 is 15.9 Å². The van der Waals surface area contributed by atoms with E-state index in [9.17, 15) is 0 Å². The second-order valence-corrected chi connectivity index (χ2v) is 6.03. The Bertz CT molecular complexity index is 842. The summed E-state index contributed by atoms with van der Waals surface area (Å²) in [7, 11) is 0. The second kappa shape index (κ2) is 5.94. The summed E-state index contributed by atoms with van der Waals surface area (Å²) in [6.07, 6.45) is 1.73. The van der Waals surface area contributed by atoms with Crippen LogP contribution < -0.4 is 16.3 Å². The van der Waals surface area contributed by atoms with Crippen molar-refractivity contribution in [1.29, 1.82) is 0 Å². The molecular weight excluding hydrogens is 356 g/mol. The molecule has 23 heavy (non-hydrogen) atoms. The first kappa shape index (κ1) is 14.1. The van der Waals surface area contributed by atoms with Gasteiger partial charge >= 0.3 is 0 Å². The van der Waals surface area contributed by atoms with Gasteiger partial charge in [-0.1, -0.05) is 46.3 Å². The summed E-state index contributed by atoms with van der Waals surface area (Å²) in [6.45, 7) is 0. The third-order valence-electron chi connectivity index (χ3n) is 3.53. The van der Waals surface area contributed by atoms with Crippen LogP contribution in [0.4, 0.5) is 5.69 Å². The molecule has 7 heteroatoms. The van der Waals surface area contributed by atoms with Crippen molar-refractivity contribution in [2.45, 2.75) is 6.04 Å². The number of aliphatic imine (C=N–C) groups is 2. The van der Waals surface area contributed by atoms with Gasteiger partial charge in [-0.25, -0.2) is 15.8 Å². The van der Waals surface area contributed by atoms with Crippen LogP contribution in [0, 0.1) is 0 Å². The standard InChI is InChI=1S/C16H13BrN6/c17-11-5-3-4-10(8-11)9-18-22-16-20-15-14(21-23-16)12-6-1-2-7-13(12)19-15/h1-9,14,21H,(H2,19,20,22,23)/b18-9+. The molecule has 0 amide bonds. The lowest BCUT2D eigenvalue weighted by Gasteiger charge is -2.21. The van der Waals surface area contributed by atoms with Crippen molar-refractivity contribution in [1.82, 2.24) is 16.3 Å². The van der Waals surface area contributed by atoms with Crippen LogP contribution in [0.25, 0.3) is 0 Å². The molecule has 2 aliphatic heterocycles. The molecule has 0 spiro atoms. The molecule has 0 radical (unpaired) electrons. The molecule has 4 rings (SSSR count). The molecule has 0 aromatic heterocycles. The van der Waals surface area contributed by atoms with E-state index in [0.29, 0.717) is 5.96 Å². The SMILES string of the molecule is Brc1cccc(/C=N/NC2=NC3=Nc4ccccc4C3NN2)c1. The first-order chi connectivity index (χ1) is 11.3. The number of hydrazone groups is 1. The fourth-order valence-corrected chi connectivity index (χ4v) is 2.90. The van der Waals surface area contributed by atoms with Crippen LogP contribution in [0.15, 0.2) is 68.1 Å². The zero-order valence-electron chi connectivity index (χ0n) is 12.0. The van der Waals surface area contributed by atoms with E-state index in [1.54, 1.807) is 6.21 Å². The lowest BCUT2D eigenvalue weighted by Crippen LogP contribution is -2.50. The Morgan fingerprint density at radius 3 is 2.96 bits per heavy atom. The number of guanidine groups is 1. The number of rotatable bonds is 2. The van der Waals surface area contributed by atoms with Crippen LogP contribution in [-0.2, 0) is 0 Å². The highest BCUT2D eigenvalue weighted by atomic mass is 79.9. The summed E-state index contributed by atoms with van der Waals surface area (Å²) < 4.78 is 1.01. The smallest absolute Gasteiger partial charge is 0.233 e. The van der Waals surface area contributed by atoms with Gasteiger partial charge < -0.3 is 0 Å². The second-order valence-electron chi connectivity index (χ2n) is 5.12. The number of benzene rings is 2. The lowest BCUT2D eigenvalue weighted by atomic mass is 10.1. The van der Waals surface area contributed by atoms with Crippen molar-refractivity contribution in [3.8, 4) is 0 Å². The Hall–Kier alpha value is -2.51. The monoisotopic (exact) mass is 368 g/mol. The number of hydrazine groups is 1.